The number of anilines is 2. The first kappa shape index (κ1) is 16.3. The van der Waals surface area contributed by atoms with Crippen molar-refractivity contribution >= 4 is 17.4 Å². The third-order valence-electron chi connectivity index (χ3n) is 4.46. The Hall–Kier alpha value is -3.21. The van der Waals surface area contributed by atoms with E-state index in [2.05, 4.69) is 15.3 Å². The second-order valence-electron chi connectivity index (χ2n) is 6.37. The number of nitrogens with one attached hydrogen (secondary N) is 1. The van der Waals surface area contributed by atoms with Crippen LogP contribution < -0.4 is 5.32 Å². The Morgan fingerprint density at radius 3 is 2.54 bits per heavy atom. The molecule has 5 heteroatoms. The molecule has 1 fully saturated rings. The predicted molar refractivity (Wildman–Crippen MR) is 102 cm³/mol. The smallest absolute Gasteiger partial charge is 0.222 e. The SMILES string of the molecule is O=C1CCCN1Cc1ccc(Nc2ccnc(-c3ccccc3)n2)cc1. The number of carbonyl (C=O) groups excluding carboxylic acids is 1. The minimum atomic E-state index is 0.252. The van der Waals surface area contributed by atoms with E-state index in [1.165, 1.54) is 0 Å². The summed E-state index contributed by atoms with van der Waals surface area (Å²) >= 11 is 0. The van der Waals surface area contributed by atoms with Gasteiger partial charge in [-0.1, -0.05) is 42.5 Å². The molecule has 0 aliphatic carbocycles. The molecule has 26 heavy (non-hydrogen) atoms. The zero-order valence-electron chi connectivity index (χ0n) is 14.4. The first-order chi connectivity index (χ1) is 12.8. The second kappa shape index (κ2) is 7.35. The van der Waals surface area contributed by atoms with Gasteiger partial charge in [-0.3, -0.25) is 4.79 Å². The van der Waals surface area contributed by atoms with Gasteiger partial charge in [0, 0.05) is 37.0 Å². The van der Waals surface area contributed by atoms with Crippen molar-refractivity contribution in [3.8, 4) is 11.4 Å². The maximum absolute atomic E-state index is 11.7. The minimum absolute atomic E-state index is 0.252. The van der Waals surface area contributed by atoms with Gasteiger partial charge in [0.1, 0.15) is 5.82 Å². The van der Waals surface area contributed by atoms with E-state index in [1.54, 1.807) is 6.20 Å². The monoisotopic (exact) mass is 344 g/mol. The number of benzene rings is 2. The van der Waals surface area contributed by atoms with E-state index >= 15 is 0 Å². The van der Waals surface area contributed by atoms with Crippen LogP contribution in [0.25, 0.3) is 11.4 Å². The summed E-state index contributed by atoms with van der Waals surface area (Å²) in [6.07, 6.45) is 3.40. The molecule has 0 spiro atoms. The van der Waals surface area contributed by atoms with Crippen LogP contribution in [-0.2, 0) is 11.3 Å². The lowest BCUT2D eigenvalue weighted by molar-refractivity contribution is -0.128. The van der Waals surface area contributed by atoms with Crippen LogP contribution in [0.15, 0.2) is 66.9 Å². The van der Waals surface area contributed by atoms with Gasteiger partial charge in [0.15, 0.2) is 5.82 Å². The number of aromatic nitrogens is 2. The van der Waals surface area contributed by atoms with E-state index in [9.17, 15) is 4.79 Å². The molecule has 3 aromatic rings. The third kappa shape index (κ3) is 3.72. The normalized spacial score (nSPS) is 13.8. The Bertz CT molecular complexity index is 893. The van der Waals surface area contributed by atoms with Gasteiger partial charge in [0.25, 0.3) is 0 Å². The van der Waals surface area contributed by atoms with Crippen LogP contribution in [-0.4, -0.2) is 27.3 Å². The summed E-state index contributed by atoms with van der Waals surface area (Å²) < 4.78 is 0. The molecule has 2 heterocycles. The van der Waals surface area contributed by atoms with Gasteiger partial charge in [0.2, 0.25) is 5.91 Å². The molecule has 0 unspecified atom stereocenters. The van der Waals surface area contributed by atoms with E-state index in [0.29, 0.717) is 18.8 Å². The Kier molecular flexibility index (Phi) is 4.60. The topological polar surface area (TPSA) is 58.1 Å². The average Bonchev–Trinajstić information content (AvgIpc) is 3.09. The molecule has 0 saturated carbocycles. The highest BCUT2D eigenvalue weighted by molar-refractivity contribution is 5.78. The van der Waals surface area contributed by atoms with Crippen LogP contribution in [0.5, 0.6) is 0 Å². The Morgan fingerprint density at radius 2 is 1.81 bits per heavy atom. The van der Waals surface area contributed by atoms with Gasteiger partial charge in [-0.2, -0.15) is 0 Å². The van der Waals surface area contributed by atoms with Crippen LogP contribution in [0, 0.1) is 0 Å². The minimum Gasteiger partial charge on any atom is -0.340 e. The van der Waals surface area contributed by atoms with Crippen LogP contribution in [0.4, 0.5) is 11.5 Å². The van der Waals surface area contributed by atoms with Crippen molar-refractivity contribution in [3.05, 3.63) is 72.4 Å². The number of carbonyl (C=O) groups is 1. The van der Waals surface area contributed by atoms with Crippen LogP contribution >= 0.6 is 0 Å². The molecule has 1 aliphatic rings. The summed E-state index contributed by atoms with van der Waals surface area (Å²) in [6.45, 7) is 1.55. The summed E-state index contributed by atoms with van der Waals surface area (Å²) in [5, 5.41) is 3.31. The van der Waals surface area contributed by atoms with Gasteiger partial charge in [-0.25, -0.2) is 9.97 Å². The van der Waals surface area contributed by atoms with Crippen LogP contribution in [0.2, 0.25) is 0 Å². The van der Waals surface area contributed by atoms with Gasteiger partial charge >= 0.3 is 0 Å². The standard InChI is InChI=1S/C21H20N4O/c26-20-7-4-14-25(20)15-16-8-10-18(11-9-16)23-19-12-13-22-21(24-19)17-5-2-1-3-6-17/h1-3,5-6,8-13H,4,7,14-15H2,(H,22,23,24). The lowest BCUT2D eigenvalue weighted by Gasteiger charge is -2.15. The summed E-state index contributed by atoms with van der Waals surface area (Å²) in [5.41, 5.74) is 3.08. The second-order valence-corrected chi connectivity index (χ2v) is 6.37. The van der Waals surface area contributed by atoms with Gasteiger partial charge in [0.05, 0.1) is 0 Å². The molecular formula is C21H20N4O. The molecule has 4 rings (SSSR count). The van der Waals surface area contributed by atoms with Gasteiger partial charge in [-0.15, -0.1) is 0 Å². The highest BCUT2D eigenvalue weighted by Crippen LogP contribution is 2.20. The van der Waals surface area contributed by atoms with Crippen LogP contribution in [0.1, 0.15) is 18.4 Å². The molecule has 1 aliphatic heterocycles. The molecule has 5 nitrogen and oxygen atoms in total. The molecular weight excluding hydrogens is 324 g/mol. The van der Waals surface area contributed by atoms with E-state index in [-0.39, 0.29) is 5.91 Å². The van der Waals surface area contributed by atoms with Crippen molar-refractivity contribution in [1.82, 2.24) is 14.9 Å². The lowest BCUT2D eigenvalue weighted by Crippen LogP contribution is -2.23. The Balaban J connectivity index is 1.45. The molecule has 0 radical (unpaired) electrons. The fraction of sp³-hybridized carbons (Fsp3) is 0.190. The van der Waals surface area contributed by atoms with Crippen molar-refractivity contribution in [2.45, 2.75) is 19.4 Å². The van der Waals surface area contributed by atoms with Gasteiger partial charge < -0.3 is 10.2 Å². The quantitative estimate of drug-likeness (QED) is 0.760. The maximum atomic E-state index is 11.7. The molecule has 2 aromatic carbocycles. The van der Waals surface area contributed by atoms with Crippen molar-refractivity contribution in [3.63, 3.8) is 0 Å². The van der Waals surface area contributed by atoms with Crippen molar-refractivity contribution in [2.75, 3.05) is 11.9 Å². The third-order valence-corrected chi connectivity index (χ3v) is 4.46. The van der Waals surface area contributed by atoms with E-state index in [4.69, 9.17) is 0 Å². The molecule has 0 bridgehead atoms. The van der Waals surface area contributed by atoms with Crippen LogP contribution in [0.3, 0.4) is 0 Å². The van der Waals surface area contributed by atoms with Crippen molar-refractivity contribution in [2.24, 2.45) is 0 Å². The Labute approximate surface area is 152 Å². The average molecular weight is 344 g/mol. The highest BCUT2D eigenvalue weighted by atomic mass is 16.2. The number of hydrogen-bond donors (Lipinski definition) is 1. The van der Waals surface area contributed by atoms with Crippen molar-refractivity contribution in [1.29, 1.82) is 0 Å². The van der Waals surface area contributed by atoms with Gasteiger partial charge in [-0.05, 0) is 30.2 Å². The summed E-state index contributed by atoms with van der Waals surface area (Å²) in [7, 11) is 0. The first-order valence-electron chi connectivity index (χ1n) is 8.80. The van der Waals surface area contributed by atoms with E-state index < -0.39 is 0 Å². The largest absolute Gasteiger partial charge is 0.340 e. The zero-order chi connectivity index (χ0) is 17.8. The number of rotatable bonds is 5. The zero-order valence-corrected chi connectivity index (χ0v) is 14.4. The maximum Gasteiger partial charge on any atom is 0.222 e. The molecule has 130 valence electrons. The first-order valence-corrected chi connectivity index (χ1v) is 8.80. The molecule has 1 N–H and O–H groups in total. The molecule has 1 amide bonds. The molecule has 1 aromatic heterocycles. The van der Waals surface area contributed by atoms with E-state index in [0.717, 1.165) is 35.6 Å². The number of hydrogen-bond acceptors (Lipinski definition) is 4. The Morgan fingerprint density at radius 1 is 1.00 bits per heavy atom. The molecule has 1 saturated heterocycles. The summed E-state index contributed by atoms with van der Waals surface area (Å²) in [4.78, 5) is 22.6. The highest BCUT2D eigenvalue weighted by Gasteiger charge is 2.19. The fourth-order valence-electron chi connectivity index (χ4n) is 3.09. The lowest BCUT2D eigenvalue weighted by atomic mass is 10.2. The molecule has 0 atom stereocenters. The number of amides is 1. The van der Waals surface area contributed by atoms with E-state index in [1.807, 2.05) is 65.6 Å². The summed E-state index contributed by atoms with van der Waals surface area (Å²) in [5.74, 6) is 1.70. The number of nitrogens with zero attached hydrogens (tertiary/aromatic N) is 3. The van der Waals surface area contributed by atoms with Crippen molar-refractivity contribution < 1.29 is 4.79 Å². The number of likely N-dealkylation sites (tertiary alicyclic amines) is 1. The summed E-state index contributed by atoms with van der Waals surface area (Å²) in [6, 6.07) is 19.9. The predicted octanol–water partition coefficient (Wildman–Crippen LogP) is 4.01. The fourth-order valence-corrected chi connectivity index (χ4v) is 3.09.